The van der Waals surface area contributed by atoms with Gasteiger partial charge in [0.1, 0.15) is 0 Å². The average molecular weight is 386 g/mol. The molecule has 3 aliphatic carbocycles. The second-order valence-electron chi connectivity index (χ2n) is 11.0. The van der Waals surface area contributed by atoms with Crippen molar-refractivity contribution in [2.24, 2.45) is 35.0 Å². The molecule has 4 atom stereocenters. The summed E-state index contributed by atoms with van der Waals surface area (Å²) >= 11 is 0. The van der Waals surface area contributed by atoms with Crippen molar-refractivity contribution in [2.45, 2.75) is 129 Å². The van der Waals surface area contributed by atoms with Crippen LogP contribution in [0.25, 0.3) is 0 Å². The molecule has 0 bridgehead atoms. The number of unbranched alkanes of at least 4 members (excludes halogenated alkanes) is 4. The summed E-state index contributed by atoms with van der Waals surface area (Å²) in [6.45, 7) is 4.57. The Kier molecular flexibility index (Phi) is 8.74. The smallest absolute Gasteiger partial charge is 0.0689 e. The van der Waals surface area contributed by atoms with Crippen LogP contribution in [0.5, 0.6) is 0 Å². The van der Waals surface area contributed by atoms with Gasteiger partial charge in [-0.3, -0.25) is 0 Å². The van der Waals surface area contributed by atoms with Crippen LogP contribution >= 0.6 is 0 Å². The van der Waals surface area contributed by atoms with Crippen LogP contribution in [0.2, 0.25) is 0 Å². The Bertz CT molecular complexity index is 483. The monoisotopic (exact) mass is 385 g/mol. The molecular weight excluding hydrogens is 338 g/mol. The predicted molar refractivity (Wildman–Crippen MR) is 120 cm³/mol. The molecule has 4 unspecified atom stereocenters. The van der Waals surface area contributed by atoms with E-state index in [1.807, 2.05) is 0 Å². The summed E-state index contributed by atoms with van der Waals surface area (Å²) in [7, 11) is 0. The lowest BCUT2D eigenvalue weighted by atomic mass is 9.57. The first kappa shape index (κ1) is 22.2. The van der Waals surface area contributed by atoms with Crippen LogP contribution in [0.1, 0.15) is 129 Å². The largest absolute Gasteiger partial charge is 0.198 e. The summed E-state index contributed by atoms with van der Waals surface area (Å²) < 4.78 is 0. The molecule has 0 aromatic rings. The third-order valence-corrected chi connectivity index (χ3v) is 9.07. The van der Waals surface area contributed by atoms with E-state index in [1.54, 1.807) is 0 Å². The molecule has 1 nitrogen and oxygen atoms in total. The fraction of sp³-hybridized carbons (Fsp3) is 0.963. The summed E-state index contributed by atoms with van der Waals surface area (Å²) in [5.74, 6) is 4.93. The Morgan fingerprint density at radius 2 is 1.43 bits per heavy atom. The zero-order valence-corrected chi connectivity index (χ0v) is 19.1. The molecule has 3 saturated carbocycles. The number of nitrogens with zero attached hydrogens (tertiary/aromatic N) is 1. The van der Waals surface area contributed by atoms with Crippen LogP contribution < -0.4 is 0 Å². The minimum Gasteiger partial charge on any atom is -0.198 e. The topological polar surface area (TPSA) is 23.8 Å². The van der Waals surface area contributed by atoms with E-state index in [2.05, 4.69) is 19.9 Å². The molecule has 0 amide bonds. The zero-order chi connectivity index (χ0) is 19.8. The van der Waals surface area contributed by atoms with E-state index in [-0.39, 0.29) is 5.41 Å². The SMILES string of the molecule is CCCCCCCC1CCC(C2CCC3CC(C#N)(CCC)CCC3C2)CC1. The van der Waals surface area contributed by atoms with Gasteiger partial charge in [-0.15, -0.1) is 0 Å². The quantitative estimate of drug-likeness (QED) is 0.364. The highest BCUT2D eigenvalue weighted by Gasteiger charge is 2.44. The molecule has 0 aromatic carbocycles. The Labute approximate surface area is 176 Å². The minimum absolute atomic E-state index is 0.0396. The van der Waals surface area contributed by atoms with E-state index in [9.17, 15) is 5.26 Å². The van der Waals surface area contributed by atoms with Crippen LogP contribution in [0.15, 0.2) is 0 Å². The number of hydrogen-bond donors (Lipinski definition) is 0. The zero-order valence-electron chi connectivity index (χ0n) is 19.1. The van der Waals surface area contributed by atoms with Crippen molar-refractivity contribution in [1.82, 2.24) is 0 Å². The molecule has 3 fully saturated rings. The maximum absolute atomic E-state index is 9.80. The fourth-order valence-corrected chi connectivity index (χ4v) is 7.33. The molecule has 3 rings (SSSR count). The second kappa shape index (κ2) is 11.0. The second-order valence-corrected chi connectivity index (χ2v) is 11.0. The molecular formula is C27H47N. The molecule has 0 aromatic heterocycles. The van der Waals surface area contributed by atoms with Gasteiger partial charge in [-0.05, 0) is 87.4 Å². The highest BCUT2D eigenvalue weighted by molar-refractivity contribution is 5.04. The Morgan fingerprint density at radius 1 is 0.750 bits per heavy atom. The highest BCUT2D eigenvalue weighted by Crippen LogP contribution is 2.53. The number of hydrogen-bond acceptors (Lipinski definition) is 1. The van der Waals surface area contributed by atoms with Gasteiger partial charge in [-0.1, -0.05) is 71.6 Å². The molecule has 160 valence electrons. The van der Waals surface area contributed by atoms with E-state index in [4.69, 9.17) is 0 Å². The van der Waals surface area contributed by atoms with Crippen LogP contribution in [0, 0.1) is 46.3 Å². The molecule has 0 radical (unpaired) electrons. The Balaban J connectivity index is 1.38. The van der Waals surface area contributed by atoms with Crippen molar-refractivity contribution in [3.63, 3.8) is 0 Å². The van der Waals surface area contributed by atoms with Gasteiger partial charge in [-0.2, -0.15) is 5.26 Å². The number of rotatable bonds is 9. The van der Waals surface area contributed by atoms with Crippen molar-refractivity contribution in [2.75, 3.05) is 0 Å². The fourth-order valence-electron chi connectivity index (χ4n) is 7.33. The van der Waals surface area contributed by atoms with Crippen LogP contribution in [-0.4, -0.2) is 0 Å². The molecule has 0 heterocycles. The minimum atomic E-state index is 0.0396. The molecule has 3 aliphatic rings. The normalized spacial score (nSPS) is 38.5. The van der Waals surface area contributed by atoms with Gasteiger partial charge in [0.25, 0.3) is 0 Å². The van der Waals surface area contributed by atoms with Gasteiger partial charge < -0.3 is 0 Å². The number of fused-ring (bicyclic) bond motifs is 1. The molecule has 0 N–H and O–H groups in total. The van der Waals surface area contributed by atoms with E-state index in [0.717, 1.165) is 36.0 Å². The summed E-state index contributed by atoms with van der Waals surface area (Å²) in [6.07, 6.45) is 25.3. The molecule has 0 saturated heterocycles. The van der Waals surface area contributed by atoms with Crippen LogP contribution in [-0.2, 0) is 0 Å². The van der Waals surface area contributed by atoms with Crippen LogP contribution in [0.4, 0.5) is 0 Å². The van der Waals surface area contributed by atoms with Gasteiger partial charge >= 0.3 is 0 Å². The maximum Gasteiger partial charge on any atom is 0.0689 e. The van der Waals surface area contributed by atoms with Crippen molar-refractivity contribution < 1.29 is 0 Å². The van der Waals surface area contributed by atoms with Gasteiger partial charge in [0.15, 0.2) is 0 Å². The maximum atomic E-state index is 9.80. The number of nitriles is 1. The van der Waals surface area contributed by atoms with Crippen molar-refractivity contribution in [3.05, 3.63) is 0 Å². The molecule has 0 spiro atoms. The predicted octanol–water partition coefficient (Wildman–Crippen LogP) is 8.68. The Morgan fingerprint density at radius 3 is 2.14 bits per heavy atom. The van der Waals surface area contributed by atoms with E-state index in [1.165, 1.54) is 109 Å². The summed E-state index contributed by atoms with van der Waals surface area (Å²) in [4.78, 5) is 0. The van der Waals surface area contributed by atoms with Gasteiger partial charge in [0, 0.05) is 0 Å². The Hall–Kier alpha value is -0.510. The van der Waals surface area contributed by atoms with Crippen molar-refractivity contribution in [1.29, 1.82) is 5.26 Å². The standard InChI is InChI=1S/C27H47N/c1-3-5-6-7-8-9-22-10-12-23(13-11-22)24-14-15-26-20-27(21-28,17-4-2)18-16-25(26)19-24/h22-26H,3-20H2,1-2H3. The van der Waals surface area contributed by atoms with Gasteiger partial charge in [0.2, 0.25) is 0 Å². The van der Waals surface area contributed by atoms with E-state index >= 15 is 0 Å². The van der Waals surface area contributed by atoms with Crippen molar-refractivity contribution >= 4 is 0 Å². The lowest BCUT2D eigenvalue weighted by molar-refractivity contribution is 0.0383. The molecule has 28 heavy (non-hydrogen) atoms. The third kappa shape index (κ3) is 5.77. The first-order chi connectivity index (χ1) is 13.7. The highest BCUT2D eigenvalue weighted by atomic mass is 14.5. The summed E-state index contributed by atoms with van der Waals surface area (Å²) in [5.41, 5.74) is 0.0396. The van der Waals surface area contributed by atoms with E-state index < -0.39 is 0 Å². The third-order valence-electron chi connectivity index (χ3n) is 9.07. The lowest BCUT2D eigenvalue weighted by Crippen LogP contribution is -2.38. The van der Waals surface area contributed by atoms with Crippen LogP contribution in [0.3, 0.4) is 0 Å². The summed E-state index contributed by atoms with van der Waals surface area (Å²) in [6, 6.07) is 2.76. The van der Waals surface area contributed by atoms with E-state index in [0.29, 0.717) is 0 Å². The first-order valence-electron chi connectivity index (χ1n) is 13.1. The average Bonchev–Trinajstić information content (AvgIpc) is 2.74. The van der Waals surface area contributed by atoms with Crippen molar-refractivity contribution in [3.8, 4) is 6.07 Å². The van der Waals surface area contributed by atoms with Gasteiger partial charge in [-0.25, -0.2) is 0 Å². The molecule has 1 heteroatoms. The summed E-state index contributed by atoms with van der Waals surface area (Å²) in [5, 5.41) is 9.80. The van der Waals surface area contributed by atoms with Gasteiger partial charge in [0.05, 0.1) is 11.5 Å². The molecule has 0 aliphatic heterocycles. The first-order valence-corrected chi connectivity index (χ1v) is 13.1. The lowest BCUT2D eigenvalue weighted by Gasteiger charge is -2.47.